The molecule has 0 spiro atoms. The molecule has 0 bridgehead atoms. The molecular formula is C20H24N6OS. The Balaban J connectivity index is 1.39. The molecule has 0 radical (unpaired) electrons. The zero-order chi connectivity index (χ0) is 19.1. The van der Waals surface area contributed by atoms with Gasteiger partial charge in [-0.05, 0) is 19.8 Å². The number of fused-ring (bicyclic) bond motifs is 2. The summed E-state index contributed by atoms with van der Waals surface area (Å²) in [6.07, 6.45) is 4.68. The van der Waals surface area contributed by atoms with Gasteiger partial charge >= 0.3 is 0 Å². The number of imidazole rings is 1. The Hall–Kier alpha value is -2.29. The van der Waals surface area contributed by atoms with E-state index in [0.29, 0.717) is 18.5 Å². The first-order valence-electron chi connectivity index (χ1n) is 9.90. The fraction of sp³-hybridized carbons (Fsp3) is 0.450. The van der Waals surface area contributed by atoms with Crippen molar-refractivity contribution in [2.75, 3.05) is 0 Å². The van der Waals surface area contributed by atoms with Gasteiger partial charge in [-0.2, -0.15) is 5.10 Å². The van der Waals surface area contributed by atoms with Gasteiger partial charge in [-0.25, -0.2) is 14.9 Å². The van der Waals surface area contributed by atoms with Crippen LogP contribution in [0.25, 0.3) is 16.2 Å². The summed E-state index contributed by atoms with van der Waals surface area (Å²) in [4.78, 5) is 18.6. The minimum Gasteiger partial charge on any atom is -0.349 e. The third-order valence-electron chi connectivity index (χ3n) is 5.83. The Labute approximate surface area is 167 Å². The van der Waals surface area contributed by atoms with Gasteiger partial charge in [-0.15, -0.1) is 0 Å². The highest BCUT2D eigenvalue weighted by molar-refractivity contribution is 7.16. The molecule has 1 aromatic carbocycles. The highest BCUT2D eigenvalue weighted by atomic mass is 32.1. The number of nitrogens with one attached hydrogen (secondary N) is 3. The number of rotatable bonds is 4. The standard InChI is InChI=1S/C20H24N6OS/c1-12-25-26-16(17(22-20(26)28-12)13-7-3-2-4-8-13)11-21-19(27)18-14-9-5-6-10-15(14)23-24-18/h2-4,7-8,14-15,18,23-24H,5-6,9-11H2,1H3,(H,21,27). The topological polar surface area (TPSA) is 83.3 Å². The predicted molar refractivity (Wildman–Crippen MR) is 109 cm³/mol. The van der Waals surface area contributed by atoms with E-state index in [1.54, 1.807) is 11.3 Å². The van der Waals surface area contributed by atoms with Crippen LogP contribution >= 0.6 is 11.3 Å². The molecular weight excluding hydrogens is 372 g/mol. The van der Waals surface area contributed by atoms with Crippen molar-refractivity contribution in [2.45, 2.75) is 51.2 Å². The largest absolute Gasteiger partial charge is 0.349 e. The molecule has 1 saturated heterocycles. The normalized spacial score (nSPS) is 24.4. The second kappa shape index (κ2) is 7.27. The predicted octanol–water partition coefficient (Wildman–Crippen LogP) is 2.42. The van der Waals surface area contributed by atoms with E-state index in [2.05, 4.69) is 21.3 Å². The van der Waals surface area contributed by atoms with E-state index in [-0.39, 0.29) is 11.9 Å². The van der Waals surface area contributed by atoms with Gasteiger partial charge in [-0.1, -0.05) is 54.5 Å². The second-order valence-electron chi connectivity index (χ2n) is 7.63. The van der Waals surface area contributed by atoms with Gasteiger partial charge in [0.25, 0.3) is 0 Å². The number of benzene rings is 1. The summed E-state index contributed by atoms with van der Waals surface area (Å²) in [6, 6.07) is 10.3. The molecule has 2 aromatic heterocycles. The molecule has 28 heavy (non-hydrogen) atoms. The number of hydrazine groups is 1. The van der Waals surface area contributed by atoms with Gasteiger partial charge in [-0.3, -0.25) is 10.2 Å². The van der Waals surface area contributed by atoms with Crippen LogP contribution in [-0.2, 0) is 11.3 Å². The third kappa shape index (κ3) is 3.11. The summed E-state index contributed by atoms with van der Waals surface area (Å²) in [7, 11) is 0. The van der Waals surface area contributed by atoms with Crippen LogP contribution in [0.3, 0.4) is 0 Å². The first-order chi connectivity index (χ1) is 13.7. The Morgan fingerprint density at radius 3 is 2.93 bits per heavy atom. The molecule has 2 fully saturated rings. The summed E-state index contributed by atoms with van der Waals surface area (Å²) in [5.74, 6) is 0.414. The van der Waals surface area contributed by atoms with Gasteiger partial charge in [0.05, 0.1) is 17.9 Å². The SMILES string of the molecule is Cc1nn2c(CNC(=O)C3NNC4CCCCC43)c(-c3ccccc3)nc2s1. The van der Waals surface area contributed by atoms with Crippen molar-refractivity contribution >= 4 is 22.2 Å². The Bertz CT molecular complexity index is 997. The summed E-state index contributed by atoms with van der Waals surface area (Å²) >= 11 is 1.56. The van der Waals surface area contributed by atoms with Crippen molar-refractivity contribution in [3.8, 4) is 11.3 Å². The lowest BCUT2D eigenvalue weighted by molar-refractivity contribution is -0.124. The van der Waals surface area contributed by atoms with Gasteiger partial charge in [0, 0.05) is 17.5 Å². The molecule has 3 N–H and O–H groups in total. The third-order valence-corrected chi connectivity index (χ3v) is 6.65. The van der Waals surface area contributed by atoms with E-state index < -0.39 is 0 Å². The number of aromatic nitrogens is 3. The Morgan fingerprint density at radius 2 is 2.07 bits per heavy atom. The van der Waals surface area contributed by atoms with E-state index in [1.165, 1.54) is 12.8 Å². The number of amides is 1. The number of nitrogens with zero attached hydrogens (tertiary/aromatic N) is 3. The monoisotopic (exact) mass is 396 g/mol. The molecule has 3 unspecified atom stereocenters. The van der Waals surface area contributed by atoms with Crippen LogP contribution in [0.2, 0.25) is 0 Å². The van der Waals surface area contributed by atoms with Gasteiger partial charge < -0.3 is 5.32 Å². The molecule has 8 heteroatoms. The van der Waals surface area contributed by atoms with Crippen LogP contribution < -0.4 is 16.2 Å². The molecule has 1 saturated carbocycles. The number of hydrogen-bond donors (Lipinski definition) is 3. The molecule has 3 aromatic rings. The van der Waals surface area contributed by atoms with Crippen LogP contribution in [-0.4, -0.2) is 32.6 Å². The molecule has 3 atom stereocenters. The fourth-order valence-corrected chi connectivity index (χ4v) is 5.22. The van der Waals surface area contributed by atoms with Crippen molar-refractivity contribution in [3.63, 3.8) is 0 Å². The molecule has 146 valence electrons. The number of carbonyl (C=O) groups is 1. The van der Waals surface area contributed by atoms with Crippen LogP contribution in [0.4, 0.5) is 0 Å². The highest BCUT2D eigenvalue weighted by Crippen LogP contribution is 2.30. The molecule has 5 rings (SSSR count). The lowest BCUT2D eigenvalue weighted by Gasteiger charge is -2.26. The van der Waals surface area contributed by atoms with Crippen LogP contribution in [0.5, 0.6) is 0 Å². The first kappa shape index (κ1) is 17.8. The maximum atomic E-state index is 12.9. The van der Waals surface area contributed by atoms with E-state index in [1.807, 2.05) is 41.8 Å². The van der Waals surface area contributed by atoms with E-state index in [4.69, 9.17) is 4.98 Å². The summed E-state index contributed by atoms with van der Waals surface area (Å²) < 4.78 is 1.87. The minimum atomic E-state index is -0.175. The maximum Gasteiger partial charge on any atom is 0.239 e. The van der Waals surface area contributed by atoms with E-state index >= 15 is 0 Å². The van der Waals surface area contributed by atoms with Gasteiger partial charge in [0.15, 0.2) is 0 Å². The molecule has 1 aliphatic carbocycles. The molecule has 2 aliphatic rings. The maximum absolute atomic E-state index is 12.9. The quantitative estimate of drug-likeness (QED) is 0.631. The molecule has 7 nitrogen and oxygen atoms in total. The second-order valence-corrected chi connectivity index (χ2v) is 8.79. The zero-order valence-electron chi connectivity index (χ0n) is 15.8. The number of carbonyl (C=O) groups excluding carboxylic acids is 1. The van der Waals surface area contributed by atoms with Crippen LogP contribution in [0, 0.1) is 12.8 Å². The Morgan fingerprint density at radius 1 is 1.25 bits per heavy atom. The van der Waals surface area contributed by atoms with Crippen LogP contribution in [0.15, 0.2) is 30.3 Å². The fourth-order valence-electron chi connectivity index (χ4n) is 4.45. The number of aryl methyl sites for hydroxylation is 1. The van der Waals surface area contributed by atoms with Crippen LogP contribution in [0.1, 0.15) is 36.4 Å². The average molecular weight is 397 g/mol. The van der Waals surface area contributed by atoms with Crippen molar-refractivity contribution < 1.29 is 4.79 Å². The van der Waals surface area contributed by atoms with Crippen molar-refractivity contribution in [1.82, 2.24) is 30.8 Å². The average Bonchev–Trinajstić information content (AvgIpc) is 3.39. The van der Waals surface area contributed by atoms with E-state index in [9.17, 15) is 4.79 Å². The highest BCUT2D eigenvalue weighted by Gasteiger charge is 2.40. The smallest absolute Gasteiger partial charge is 0.239 e. The lowest BCUT2D eigenvalue weighted by atomic mass is 9.81. The lowest BCUT2D eigenvalue weighted by Crippen LogP contribution is -2.45. The summed E-state index contributed by atoms with van der Waals surface area (Å²) in [5, 5.41) is 8.69. The molecule has 1 aliphatic heterocycles. The van der Waals surface area contributed by atoms with Gasteiger partial charge in [0.2, 0.25) is 10.9 Å². The van der Waals surface area contributed by atoms with E-state index in [0.717, 1.165) is 39.8 Å². The van der Waals surface area contributed by atoms with Crippen molar-refractivity contribution in [2.24, 2.45) is 5.92 Å². The summed E-state index contributed by atoms with van der Waals surface area (Å²) in [5.41, 5.74) is 9.37. The number of hydrogen-bond acceptors (Lipinski definition) is 6. The molecule has 3 heterocycles. The van der Waals surface area contributed by atoms with Gasteiger partial charge in [0.1, 0.15) is 11.0 Å². The van der Waals surface area contributed by atoms with Crippen molar-refractivity contribution in [1.29, 1.82) is 0 Å². The zero-order valence-corrected chi connectivity index (χ0v) is 16.6. The minimum absolute atomic E-state index is 0.0443. The molecule has 1 amide bonds. The summed E-state index contributed by atoms with van der Waals surface area (Å²) in [6.45, 7) is 2.38. The first-order valence-corrected chi connectivity index (χ1v) is 10.7. The van der Waals surface area contributed by atoms with Crippen molar-refractivity contribution in [3.05, 3.63) is 41.0 Å². The Kier molecular flexibility index (Phi) is 4.62.